The summed E-state index contributed by atoms with van der Waals surface area (Å²) in [4.78, 5) is 8.92. The summed E-state index contributed by atoms with van der Waals surface area (Å²) in [6, 6.07) is 11.6. The fraction of sp³-hybridized carbons (Fsp3) is 0.333. The summed E-state index contributed by atoms with van der Waals surface area (Å²) < 4.78 is 18.4. The number of methoxy groups -OCH3 is 1. The molecule has 2 aromatic carbocycles. The lowest BCUT2D eigenvalue weighted by Crippen LogP contribution is -2.38. The van der Waals surface area contributed by atoms with Crippen LogP contribution < -0.4 is 26.0 Å². The number of nitrogens with one attached hydrogen (secondary N) is 3. The van der Waals surface area contributed by atoms with E-state index in [0.29, 0.717) is 22.5 Å². The molecule has 0 saturated heterocycles. The Labute approximate surface area is 199 Å². The Hall–Kier alpha value is -2.60. The zero-order valence-corrected chi connectivity index (χ0v) is 21.1. The first kappa shape index (κ1) is 23.6. The number of halogens is 1. The summed E-state index contributed by atoms with van der Waals surface area (Å²) in [5, 5.41) is 11.1. The second-order valence-electron chi connectivity index (χ2n) is 9.21. The average Bonchev–Trinajstić information content (AvgIpc) is 2.75. The first-order valence-corrected chi connectivity index (χ1v) is 13.7. The monoisotopic (exact) mass is 485 g/mol. The van der Waals surface area contributed by atoms with Crippen LogP contribution in [0.1, 0.15) is 25.0 Å². The van der Waals surface area contributed by atoms with Crippen LogP contribution in [0.3, 0.4) is 0 Å². The van der Waals surface area contributed by atoms with Gasteiger partial charge < -0.3 is 25.3 Å². The molecule has 0 unspecified atom stereocenters. The molecule has 7 nitrogen and oxygen atoms in total. The number of aromatic nitrogens is 2. The van der Waals surface area contributed by atoms with Gasteiger partial charge in [0.25, 0.3) is 0 Å². The van der Waals surface area contributed by atoms with Crippen molar-refractivity contribution in [3.05, 3.63) is 58.7 Å². The van der Waals surface area contributed by atoms with Gasteiger partial charge in [-0.3, -0.25) is 0 Å². The quantitative estimate of drug-likeness (QED) is 0.411. The predicted molar refractivity (Wildman–Crippen MR) is 137 cm³/mol. The Balaban J connectivity index is 1.67. The highest BCUT2D eigenvalue weighted by atomic mass is 35.5. The predicted octanol–water partition coefficient (Wildman–Crippen LogP) is 5.25. The molecule has 0 bridgehead atoms. The highest BCUT2D eigenvalue weighted by molar-refractivity contribution is 7.70. The van der Waals surface area contributed by atoms with E-state index in [1.807, 2.05) is 24.3 Å². The van der Waals surface area contributed by atoms with Crippen LogP contribution >= 0.6 is 18.7 Å². The third-order valence-electron chi connectivity index (χ3n) is 5.76. The van der Waals surface area contributed by atoms with Crippen molar-refractivity contribution in [1.82, 2.24) is 15.3 Å². The first-order chi connectivity index (χ1) is 15.6. The standard InChI is InChI=1S/C24H29ClN5O2P/c1-24(2)14-26-12-15-10-19(20(32-3)11-16(15)24)29-23-27-13-17(25)22(30-23)28-18-8-6-7-9-21(18)33(4,5)31/h6-11,13,26H,12,14H2,1-5H3,(H2,27,28,29,30). The van der Waals surface area contributed by atoms with E-state index in [9.17, 15) is 4.57 Å². The van der Waals surface area contributed by atoms with E-state index in [0.717, 1.165) is 29.8 Å². The van der Waals surface area contributed by atoms with Crippen LogP contribution in [0, 0.1) is 0 Å². The molecule has 4 rings (SSSR count). The molecule has 0 fully saturated rings. The van der Waals surface area contributed by atoms with Crippen LogP contribution in [0.15, 0.2) is 42.6 Å². The summed E-state index contributed by atoms with van der Waals surface area (Å²) >= 11 is 6.38. The maximum Gasteiger partial charge on any atom is 0.229 e. The summed E-state index contributed by atoms with van der Waals surface area (Å²) in [7, 11) is -0.840. The van der Waals surface area contributed by atoms with Gasteiger partial charge in [-0.2, -0.15) is 4.98 Å². The minimum Gasteiger partial charge on any atom is -0.495 e. The van der Waals surface area contributed by atoms with Crippen molar-refractivity contribution in [2.45, 2.75) is 25.8 Å². The number of ether oxygens (including phenoxy) is 1. The summed E-state index contributed by atoms with van der Waals surface area (Å²) in [6.45, 7) is 9.61. The molecule has 3 N–H and O–H groups in total. The van der Waals surface area contributed by atoms with Crippen LogP contribution in [0.25, 0.3) is 0 Å². The van der Waals surface area contributed by atoms with Gasteiger partial charge in [0.15, 0.2) is 5.82 Å². The van der Waals surface area contributed by atoms with E-state index in [2.05, 4.69) is 51.9 Å². The van der Waals surface area contributed by atoms with Crippen molar-refractivity contribution in [3.63, 3.8) is 0 Å². The van der Waals surface area contributed by atoms with Crippen molar-refractivity contribution < 1.29 is 9.30 Å². The molecule has 1 aliphatic rings. The SMILES string of the molecule is COc1cc2c(cc1Nc1ncc(Cl)c(Nc3ccccc3P(C)(C)=O)n1)CNCC2(C)C. The Bertz CT molecular complexity index is 1240. The third-order valence-corrected chi connectivity index (χ3v) is 7.59. The minimum atomic E-state index is -2.49. The molecule has 0 aliphatic carbocycles. The average molecular weight is 486 g/mol. The number of nitrogens with zero attached hydrogens (tertiary/aromatic N) is 2. The van der Waals surface area contributed by atoms with E-state index >= 15 is 0 Å². The molecule has 2 heterocycles. The van der Waals surface area contributed by atoms with Gasteiger partial charge in [0.1, 0.15) is 17.9 Å². The Morgan fingerprint density at radius 2 is 1.91 bits per heavy atom. The summed E-state index contributed by atoms with van der Waals surface area (Å²) in [5.41, 5.74) is 3.97. The third kappa shape index (κ3) is 5.01. The molecule has 3 aromatic rings. The Morgan fingerprint density at radius 1 is 1.15 bits per heavy atom. The number of fused-ring (bicyclic) bond motifs is 1. The number of benzene rings is 2. The van der Waals surface area contributed by atoms with Crippen LogP contribution in [-0.4, -0.2) is 37.0 Å². The lowest BCUT2D eigenvalue weighted by molar-refractivity contribution is 0.404. The highest BCUT2D eigenvalue weighted by Gasteiger charge is 2.29. The first-order valence-electron chi connectivity index (χ1n) is 10.7. The van der Waals surface area contributed by atoms with E-state index < -0.39 is 7.14 Å². The van der Waals surface area contributed by atoms with Gasteiger partial charge in [0, 0.05) is 23.8 Å². The molecule has 0 spiro atoms. The van der Waals surface area contributed by atoms with E-state index in [-0.39, 0.29) is 5.41 Å². The maximum absolute atomic E-state index is 12.7. The Kier molecular flexibility index (Phi) is 6.41. The van der Waals surface area contributed by atoms with Gasteiger partial charge in [-0.15, -0.1) is 0 Å². The van der Waals surface area contributed by atoms with Crippen molar-refractivity contribution in [2.75, 3.05) is 37.6 Å². The molecule has 174 valence electrons. The largest absolute Gasteiger partial charge is 0.495 e. The Morgan fingerprint density at radius 3 is 2.64 bits per heavy atom. The van der Waals surface area contributed by atoms with Gasteiger partial charge in [-0.05, 0) is 48.7 Å². The van der Waals surface area contributed by atoms with Crippen molar-refractivity contribution in [2.24, 2.45) is 0 Å². The van der Waals surface area contributed by atoms with Crippen molar-refractivity contribution >= 4 is 47.2 Å². The summed E-state index contributed by atoms with van der Waals surface area (Å²) in [5.74, 6) is 1.52. The number of anilines is 4. The zero-order valence-electron chi connectivity index (χ0n) is 19.5. The van der Waals surface area contributed by atoms with Gasteiger partial charge >= 0.3 is 0 Å². The smallest absolute Gasteiger partial charge is 0.229 e. The van der Waals surface area contributed by atoms with Crippen LogP contribution in [0.5, 0.6) is 5.75 Å². The molecule has 0 radical (unpaired) electrons. The van der Waals surface area contributed by atoms with E-state index in [1.54, 1.807) is 20.4 Å². The van der Waals surface area contributed by atoms with Crippen molar-refractivity contribution in [1.29, 1.82) is 0 Å². The van der Waals surface area contributed by atoms with E-state index in [1.165, 1.54) is 17.3 Å². The van der Waals surface area contributed by atoms with Gasteiger partial charge in [-0.25, -0.2) is 4.98 Å². The van der Waals surface area contributed by atoms with Gasteiger partial charge in [0.2, 0.25) is 5.95 Å². The molecule has 1 aliphatic heterocycles. The van der Waals surface area contributed by atoms with Gasteiger partial charge in [0.05, 0.1) is 24.7 Å². The number of para-hydroxylation sites is 1. The number of hydrogen-bond donors (Lipinski definition) is 3. The van der Waals surface area contributed by atoms with Crippen LogP contribution in [0.2, 0.25) is 5.02 Å². The number of hydrogen-bond acceptors (Lipinski definition) is 7. The molecule has 0 amide bonds. The minimum absolute atomic E-state index is 0.0125. The highest BCUT2D eigenvalue weighted by Crippen LogP contribution is 2.40. The van der Waals surface area contributed by atoms with Crippen LogP contribution in [0.4, 0.5) is 23.1 Å². The molecular weight excluding hydrogens is 457 g/mol. The topological polar surface area (TPSA) is 88.2 Å². The van der Waals surface area contributed by atoms with Gasteiger partial charge in [-0.1, -0.05) is 37.6 Å². The molecule has 33 heavy (non-hydrogen) atoms. The van der Waals surface area contributed by atoms with Crippen LogP contribution in [-0.2, 0) is 16.5 Å². The lowest BCUT2D eigenvalue weighted by Gasteiger charge is -2.34. The molecule has 0 saturated carbocycles. The second kappa shape index (κ2) is 8.98. The van der Waals surface area contributed by atoms with Crippen molar-refractivity contribution in [3.8, 4) is 5.75 Å². The number of rotatable bonds is 6. The fourth-order valence-electron chi connectivity index (χ4n) is 4.08. The molecule has 0 atom stereocenters. The second-order valence-corrected chi connectivity index (χ2v) is 12.8. The summed E-state index contributed by atoms with van der Waals surface area (Å²) in [6.07, 6.45) is 1.54. The normalized spacial score (nSPS) is 15.0. The maximum atomic E-state index is 12.7. The fourth-order valence-corrected chi connectivity index (χ4v) is 5.38. The molecular formula is C24H29ClN5O2P. The molecule has 9 heteroatoms. The zero-order chi connectivity index (χ0) is 23.8. The lowest BCUT2D eigenvalue weighted by atomic mass is 9.79. The molecule has 1 aromatic heterocycles. The van der Waals surface area contributed by atoms with E-state index in [4.69, 9.17) is 16.3 Å².